The number of hydrogen-bond acceptors (Lipinski definition) is 2. The molecule has 0 aliphatic heterocycles. The van der Waals surface area contributed by atoms with Gasteiger partial charge in [-0.05, 0) is 42.8 Å². The van der Waals surface area contributed by atoms with Crippen LogP contribution in [0.25, 0.3) is 10.9 Å². The topological polar surface area (TPSA) is 29.9 Å². The first-order valence-corrected chi connectivity index (χ1v) is 7.41. The number of fused-ring (bicyclic) bond motifs is 1. The minimum atomic E-state index is 0.649. The molecule has 0 saturated carbocycles. The maximum absolute atomic E-state index is 6.18. The van der Waals surface area contributed by atoms with E-state index in [0.717, 1.165) is 27.8 Å². The summed E-state index contributed by atoms with van der Waals surface area (Å²) in [6, 6.07) is 11.7. The van der Waals surface area contributed by atoms with Crippen LogP contribution in [0.4, 0.5) is 5.69 Å². The quantitative estimate of drug-likeness (QED) is 0.751. The molecule has 1 N–H and O–H groups in total. The van der Waals surface area contributed by atoms with Crippen LogP contribution >= 0.6 is 23.2 Å². The standard InChI is InChI=1S/C16H15Cl2N3/c1-10-14-8-13(5-6-16(14)20-21(10)2)19-9-11-3-4-12(17)7-15(11)18/h3-8,19H,9H2,1-2H3. The Morgan fingerprint density at radius 3 is 2.71 bits per heavy atom. The molecule has 0 bridgehead atoms. The van der Waals surface area contributed by atoms with Crippen LogP contribution in [0.2, 0.25) is 10.0 Å². The van der Waals surface area contributed by atoms with Crippen molar-refractivity contribution in [3.63, 3.8) is 0 Å². The molecule has 0 fully saturated rings. The van der Waals surface area contributed by atoms with Crippen molar-refractivity contribution in [3.05, 3.63) is 57.7 Å². The van der Waals surface area contributed by atoms with Gasteiger partial charge in [-0.2, -0.15) is 5.10 Å². The minimum absolute atomic E-state index is 0.649. The molecule has 0 unspecified atom stereocenters. The van der Waals surface area contributed by atoms with Crippen molar-refractivity contribution in [2.75, 3.05) is 5.32 Å². The summed E-state index contributed by atoms with van der Waals surface area (Å²) < 4.78 is 1.89. The highest BCUT2D eigenvalue weighted by Crippen LogP contribution is 2.24. The normalized spacial score (nSPS) is 11.0. The second-order valence-corrected chi connectivity index (χ2v) is 5.87. The SMILES string of the molecule is Cc1c2cc(NCc3ccc(Cl)cc3Cl)ccc2nn1C. The smallest absolute Gasteiger partial charge is 0.0927 e. The maximum atomic E-state index is 6.18. The zero-order valence-corrected chi connectivity index (χ0v) is 13.3. The van der Waals surface area contributed by atoms with E-state index in [4.69, 9.17) is 23.2 Å². The molecule has 1 aromatic heterocycles. The van der Waals surface area contributed by atoms with Crippen molar-refractivity contribution in [2.45, 2.75) is 13.5 Å². The average Bonchev–Trinajstić information content (AvgIpc) is 2.73. The van der Waals surface area contributed by atoms with Crippen LogP contribution in [0.3, 0.4) is 0 Å². The van der Waals surface area contributed by atoms with Gasteiger partial charge in [-0.1, -0.05) is 29.3 Å². The van der Waals surface area contributed by atoms with Crippen LogP contribution in [-0.2, 0) is 13.6 Å². The van der Waals surface area contributed by atoms with Gasteiger partial charge in [0.15, 0.2) is 0 Å². The van der Waals surface area contributed by atoms with Gasteiger partial charge in [-0.25, -0.2) is 0 Å². The number of aryl methyl sites for hydroxylation is 2. The highest BCUT2D eigenvalue weighted by Gasteiger charge is 2.06. The summed E-state index contributed by atoms with van der Waals surface area (Å²) in [4.78, 5) is 0. The van der Waals surface area contributed by atoms with E-state index in [9.17, 15) is 0 Å². The van der Waals surface area contributed by atoms with E-state index in [1.165, 1.54) is 0 Å². The van der Waals surface area contributed by atoms with E-state index in [1.807, 2.05) is 36.0 Å². The van der Waals surface area contributed by atoms with Crippen LogP contribution in [0.5, 0.6) is 0 Å². The fourth-order valence-corrected chi connectivity index (χ4v) is 2.77. The molecule has 0 aliphatic rings. The van der Waals surface area contributed by atoms with Gasteiger partial charge in [-0.15, -0.1) is 0 Å². The summed E-state index contributed by atoms with van der Waals surface area (Å²) in [5, 5.41) is 10.3. The number of aromatic nitrogens is 2. The predicted molar refractivity (Wildman–Crippen MR) is 89.2 cm³/mol. The average molecular weight is 320 g/mol. The minimum Gasteiger partial charge on any atom is -0.381 e. The van der Waals surface area contributed by atoms with Crippen molar-refractivity contribution < 1.29 is 0 Å². The Balaban J connectivity index is 1.83. The first-order valence-electron chi connectivity index (χ1n) is 6.66. The van der Waals surface area contributed by atoms with Gasteiger partial charge in [-0.3, -0.25) is 4.68 Å². The van der Waals surface area contributed by atoms with Gasteiger partial charge >= 0.3 is 0 Å². The molecule has 0 spiro atoms. The van der Waals surface area contributed by atoms with Gasteiger partial charge in [0.2, 0.25) is 0 Å². The van der Waals surface area contributed by atoms with Crippen LogP contribution in [-0.4, -0.2) is 9.78 Å². The highest BCUT2D eigenvalue weighted by molar-refractivity contribution is 6.35. The summed E-state index contributed by atoms with van der Waals surface area (Å²) >= 11 is 12.1. The first kappa shape index (κ1) is 14.2. The molecule has 0 amide bonds. The van der Waals surface area contributed by atoms with Crippen LogP contribution in [0.15, 0.2) is 36.4 Å². The Hall–Kier alpha value is -1.71. The molecular formula is C16H15Cl2N3. The molecule has 3 nitrogen and oxygen atoms in total. The molecule has 0 saturated heterocycles. The molecule has 5 heteroatoms. The third-order valence-corrected chi connectivity index (χ3v) is 4.21. The van der Waals surface area contributed by atoms with E-state index < -0.39 is 0 Å². The molecular weight excluding hydrogens is 305 g/mol. The Morgan fingerprint density at radius 2 is 1.95 bits per heavy atom. The third kappa shape index (κ3) is 2.85. The molecule has 0 aliphatic carbocycles. The second-order valence-electron chi connectivity index (χ2n) is 5.03. The van der Waals surface area contributed by atoms with Crippen molar-refractivity contribution in [1.29, 1.82) is 0 Å². The van der Waals surface area contributed by atoms with E-state index >= 15 is 0 Å². The number of benzene rings is 2. The van der Waals surface area contributed by atoms with Crippen molar-refractivity contribution in [3.8, 4) is 0 Å². The lowest BCUT2D eigenvalue weighted by atomic mass is 10.2. The fourth-order valence-electron chi connectivity index (χ4n) is 2.30. The third-order valence-electron chi connectivity index (χ3n) is 3.63. The summed E-state index contributed by atoms with van der Waals surface area (Å²) in [6.45, 7) is 2.72. The number of nitrogens with zero attached hydrogens (tertiary/aromatic N) is 2. The Morgan fingerprint density at radius 1 is 1.14 bits per heavy atom. The summed E-state index contributed by atoms with van der Waals surface area (Å²) in [5.74, 6) is 0. The first-order chi connectivity index (χ1) is 10.0. The Kier molecular flexibility index (Phi) is 3.79. The lowest BCUT2D eigenvalue weighted by Crippen LogP contribution is -1.99. The zero-order chi connectivity index (χ0) is 15.0. The van der Waals surface area contributed by atoms with Gasteiger partial charge < -0.3 is 5.32 Å². The highest BCUT2D eigenvalue weighted by atomic mass is 35.5. The Labute approximate surface area is 133 Å². The monoisotopic (exact) mass is 319 g/mol. The lowest BCUT2D eigenvalue weighted by Gasteiger charge is -2.08. The summed E-state index contributed by atoms with van der Waals surface area (Å²) in [6.07, 6.45) is 0. The number of rotatable bonds is 3. The van der Waals surface area contributed by atoms with Crippen molar-refractivity contribution in [2.24, 2.45) is 7.05 Å². The van der Waals surface area contributed by atoms with Gasteiger partial charge in [0.1, 0.15) is 0 Å². The molecule has 21 heavy (non-hydrogen) atoms. The Bertz CT molecular complexity index is 809. The summed E-state index contributed by atoms with van der Waals surface area (Å²) in [7, 11) is 1.95. The van der Waals surface area contributed by atoms with Crippen LogP contribution < -0.4 is 5.32 Å². The molecule has 2 aromatic carbocycles. The molecule has 3 rings (SSSR count). The number of hydrogen-bond donors (Lipinski definition) is 1. The van der Waals surface area contributed by atoms with Crippen molar-refractivity contribution in [1.82, 2.24) is 9.78 Å². The maximum Gasteiger partial charge on any atom is 0.0927 e. The van der Waals surface area contributed by atoms with E-state index in [0.29, 0.717) is 16.6 Å². The van der Waals surface area contributed by atoms with Crippen LogP contribution in [0, 0.1) is 6.92 Å². The van der Waals surface area contributed by atoms with Gasteiger partial charge in [0.25, 0.3) is 0 Å². The molecule has 3 aromatic rings. The number of nitrogens with one attached hydrogen (secondary N) is 1. The molecule has 0 radical (unpaired) electrons. The zero-order valence-electron chi connectivity index (χ0n) is 11.8. The lowest BCUT2D eigenvalue weighted by molar-refractivity contribution is 0.751. The molecule has 108 valence electrons. The largest absolute Gasteiger partial charge is 0.381 e. The summed E-state index contributed by atoms with van der Waals surface area (Å²) in [5.41, 5.74) is 4.22. The fraction of sp³-hybridized carbons (Fsp3) is 0.188. The van der Waals surface area contributed by atoms with E-state index in [1.54, 1.807) is 6.07 Å². The number of halogens is 2. The van der Waals surface area contributed by atoms with E-state index in [-0.39, 0.29) is 0 Å². The number of anilines is 1. The predicted octanol–water partition coefficient (Wildman–Crippen LogP) is 4.80. The van der Waals surface area contributed by atoms with Crippen LogP contribution in [0.1, 0.15) is 11.3 Å². The van der Waals surface area contributed by atoms with Gasteiger partial charge in [0.05, 0.1) is 5.52 Å². The van der Waals surface area contributed by atoms with Crippen molar-refractivity contribution >= 4 is 39.8 Å². The molecule has 1 heterocycles. The molecule has 0 atom stereocenters. The van der Waals surface area contributed by atoms with E-state index in [2.05, 4.69) is 23.4 Å². The van der Waals surface area contributed by atoms with Gasteiger partial charge in [0, 0.05) is 40.4 Å². The second kappa shape index (κ2) is 5.58.